The Kier molecular flexibility index (Phi) is 12.9. The van der Waals surface area contributed by atoms with Crippen LogP contribution in [0, 0.1) is 0 Å². The van der Waals surface area contributed by atoms with Crippen molar-refractivity contribution in [1.29, 1.82) is 0 Å². The number of methoxy groups -OCH3 is 1. The van der Waals surface area contributed by atoms with Gasteiger partial charge in [-0.25, -0.2) is 14.4 Å². The summed E-state index contributed by atoms with van der Waals surface area (Å²) in [7, 11) is 1.23. The Morgan fingerprint density at radius 3 is 2.10 bits per heavy atom. The number of rotatable bonds is 13. The number of thioether (sulfide) groups is 1. The summed E-state index contributed by atoms with van der Waals surface area (Å²) >= 11 is 1.46. The van der Waals surface area contributed by atoms with Crippen LogP contribution in [-0.2, 0) is 30.2 Å². The van der Waals surface area contributed by atoms with Crippen LogP contribution >= 0.6 is 11.8 Å². The number of carboxylic acids is 1. The fraction of sp³-hybridized carbons (Fsp3) is 0.484. The first kappa shape index (κ1) is 34.6. The van der Waals surface area contributed by atoms with Crippen molar-refractivity contribution in [3.8, 4) is 11.1 Å². The number of nitrogens with one attached hydrogen (secondary N) is 2. The molecule has 0 aromatic heterocycles. The lowest BCUT2D eigenvalue weighted by atomic mass is 9.97. The van der Waals surface area contributed by atoms with E-state index in [1.54, 1.807) is 45.0 Å². The normalized spacial score (nSPS) is 13.0. The number of esters is 1. The molecule has 0 spiro atoms. The van der Waals surface area contributed by atoms with Gasteiger partial charge in [0.05, 0.1) is 24.9 Å². The summed E-state index contributed by atoms with van der Waals surface area (Å²) in [5, 5.41) is 14.5. The maximum atomic E-state index is 13.3. The van der Waals surface area contributed by atoms with E-state index in [-0.39, 0.29) is 17.9 Å². The van der Waals surface area contributed by atoms with Gasteiger partial charge in [-0.3, -0.25) is 4.79 Å². The smallest absolute Gasteiger partial charge is 0.408 e. The van der Waals surface area contributed by atoms with E-state index in [0.717, 1.165) is 16.7 Å². The van der Waals surface area contributed by atoms with Gasteiger partial charge in [-0.05, 0) is 82.5 Å². The number of aromatic carboxylic acids is 1. The van der Waals surface area contributed by atoms with Crippen molar-refractivity contribution in [3.63, 3.8) is 0 Å². The van der Waals surface area contributed by atoms with Crippen molar-refractivity contribution >= 4 is 35.7 Å². The van der Waals surface area contributed by atoms with Crippen LogP contribution in [0.3, 0.4) is 0 Å². The van der Waals surface area contributed by atoms with E-state index in [1.165, 1.54) is 18.9 Å². The highest BCUT2D eigenvalue weighted by Crippen LogP contribution is 2.25. The molecule has 0 saturated carbocycles. The number of hydrogen-bond donors (Lipinski definition) is 3. The third-order valence-electron chi connectivity index (χ3n) is 5.75. The zero-order valence-corrected chi connectivity index (χ0v) is 26.1. The molecule has 42 heavy (non-hydrogen) atoms. The van der Waals surface area contributed by atoms with Gasteiger partial charge >= 0.3 is 18.0 Å². The van der Waals surface area contributed by atoms with Crippen LogP contribution in [0.2, 0.25) is 0 Å². The van der Waals surface area contributed by atoms with Crippen molar-refractivity contribution < 1.29 is 38.5 Å². The van der Waals surface area contributed by atoms with E-state index in [4.69, 9.17) is 14.2 Å². The predicted molar refractivity (Wildman–Crippen MR) is 163 cm³/mol. The van der Waals surface area contributed by atoms with E-state index >= 15 is 0 Å². The van der Waals surface area contributed by atoms with Crippen LogP contribution in [0.25, 0.3) is 11.1 Å². The van der Waals surface area contributed by atoms with E-state index in [0.29, 0.717) is 12.2 Å². The Hall–Kier alpha value is -3.57. The second-order valence-electron chi connectivity index (χ2n) is 11.6. The molecule has 3 N–H and O–H groups in total. The summed E-state index contributed by atoms with van der Waals surface area (Å²) in [4.78, 5) is 49.4. The number of hydrogen-bond acceptors (Lipinski definition) is 8. The summed E-state index contributed by atoms with van der Waals surface area (Å²) in [6, 6.07) is 12.5. The van der Waals surface area contributed by atoms with Crippen LogP contribution < -0.4 is 10.6 Å². The van der Waals surface area contributed by atoms with E-state index in [1.807, 2.05) is 45.0 Å². The van der Waals surface area contributed by atoms with Crippen molar-refractivity contribution in [2.45, 2.75) is 71.2 Å². The predicted octanol–water partition coefficient (Wildman–Crippen LogP) is 4.69. The van der Waals surface area contributed by atoms with E-state index < -0.39 is 47.2 Å². The molecule has 0 aliphatic heterocycles. The first-order valence-electron chi connectivity index (χ1n) is 13.6. The maximum Gasteiger partial charge on any atom is 0.408 e. The summed E-state index contributed by atoms with van der Waals surface area (Å²) < 4.78 is 15.9. The lowest BCUT2D eigenvalue weighted by Gasteiger charge is -2.26. The second-order valence-corrected chi connectivity index (χ2v) is 12.7. The molecule has 2 amide bonds. The van der Waals surface area contributed by atoms with Gasteiger partial charge in [-0.2, -0.15) is 11.8 Å². The Bertz CT molecular complexity index is 1220. The summed E-state index contributed by atoms with van der Waals surface area (Å²) in [5.74, 6) is -1.37. The third-order valence-corrected chi connectivity index (χ3v) is 6.81. The largest absolute Gasteiger partial charge is 0.478 e. The number of aryl methyl sites for hydroxylation is 1. The van der Waals surface area contributed by atoms with Gasteiger partial charge in [0.25, 0.3) is 0 Å². The minimum absolute atomic E-state index is 0.0988. The molecule has 0 radical (unpaired) electrons. The number of alkyl carbamates (subject to hydrolysis) is 1. The molecule has 230 valence electrons. The van der Waals surface area contributed by atoms with Crippen molar-refractivity contribution in [3.05, 3.63) is 59.7 Å². The molecular weight excluding hydrogens is 560 g/mol. The Morgan fingerprint density at radius 1 is 0.881 bits per heavy atom. The van der Waals surface area contributed by atoms with Gasteiger partial charge < -0.3 is 30.0 Å². The monoisotopic (exact) mass is 602 g/mol. The highest BCUT2D eigenvalue weighted by atomic mass is 32.2. The van der Waals surface area contributed by atoms with Crippen LogP contribution in [0.1, 0.15) is 57.5 Å². The topological polar surface area (TPSA) is 140 Å². The molecule has 0 bridgehead atoms. The van der Waals surface area contributed by atoms with Crippen LogP contribution in [0.4, 0.5) is 4.79 Å². The minimum Gasteiger partial charge on any atom is -0.478 e. The van der Waals surface area contributed by atoms with Crippen LogP contribution in [-0.4, -0.2) is 77.6 Å². The molecule has 2 aromatic carbocycles. The molecule has 2 atom stereocenters. The van der Waals surface area contributed by atoms with Gasteiger partial charge in [-0.1, -0.05) is 36.4 Å². The lowest BCUT2D eigenvalue weighted by molar-refractivity contribution is -0.148. The number of benzene rings is 2. The first-order chi connectivity index (χ1) is 19.6. The highest BCUT2D eigenvalue weighted by Gasteiger charge is 2.30. The number of carbonyl (C=O) groups is 4. The summed E-state index contributed by atoms with van der Waals surface area (Å²) in [6.07, 6.45) is -0.0917. The Labute approximate surface area is 251 Å². The van der Waals surface area contributed by atoms with Crippen LogP contribution in [0.5, 0.6) is 0 Å². The maximum absolute atomic E-state index is 13.3. The zero-order valence-electron chi connectivity index (χ0n) is 25.3. The quantitative estimate of drug-likeness (QED) is 0.220. The average molecular weight is 603 g/mol. The van der Waals surface area contributed by atoms with Crippen LogP contribution in [0.15, 0.2) is 48.5 Å². The molecule has 0 aliphatic rings. The van der Waals surface area contributed by atoms with Gasteiger partial charge in [0, 0.05) is 5.75 Å². The summed E-state index contributed by atoms with van der Waals surface area (Å²) in [5.41, 5.74) is 1.84. The summed E-state index contributed by atoms with van der Waals surface area (Å²) in [6.45, 7) is 10.6. The number of amides is 2. The molecule has 0 aliphatic carbocycles. The van der Waals surface area contributed by atoms with Gasteiger partial charge in [0.2, 0.25) is 5.91 Å². The molecule has 0 fully saturated rings. The SMILES string of the molecule is COC(=O)[C@H](COC(C)(C)C)NC(=O)[C@H](CSCCc1ccccc1-c1ccc(C(=O)O)cc1)NC(=O)OC(C)(C)C. The highest BCUT2D eigenvalue weighted by molar-refractivity contribution is 7.99. The average Bonchev–Trinajstić information content (AvgIpc) is 2.90. The van der Waals surface area contributed by atoms with E-state index in [2.05, 4.69) is 10.6 Å². The lowest BCUT2D eigenvalue weighted by Crippen LogP contribution is -2.55. The molecule has 11 heteroatoms. The third kappa shape index (κ3) is 12.1. The molecule has 10 nitrogen and oxygen atoms in total. The van der Waals surface area contributed by atoms with Gasteiger partial charge in [0.1, 0.15) is 11.6 Å². The number of carbonyl (C=O) groups excluding carboxylic acids is 3. The van der Waals surface area contributed by atoms with Gasteiger partial charge in [-0.15, -0.1) is 0 Å². The molecule has 0 unspecified atom stereocenters. The first-order valence-corrected chi connectivity index (χ1v) is 14.8. The van der Waals surface area contributed by atoms with E-state index in [9.17, 15) is 24.3 Å². The minimum atomic E-state index is -1.06. The molecule has 0 heterocycles. The fourth-order valence-corrected chi connectivity index (χ4v) is 4.75. The molecule has 2 rings (SSSR count). The van der Waals surface area contributed by atoms with Crippen molar-refractivity contribution in [2.75, 3.05) is 25.2 Å². The second kappa shape index (κ2) is 15.6. The van der Waals surface area contributed by atoms with Crippen molar-refractivity contribution in [1.82, 2.24) is 10.6 Å². The van der Waals surface area contributed by atoms with Crippen molar-refractivity contribution in [2.24, 2.45) is 0 Å². The molecule has 0 saturated heterocycles. The standard InChI is InChI=1S/C31H42N2O8S/c1-30(2,3)40-18-24(28(37)39-7)32-26(34)25(33-29(38)41-31(4,5)6)19-42-17-16-20-10-8-9-11-23(20)21-12-14-22(15-13-21)27(35)36/h8-15,24-25H,16-19H2,1-7H3,(H,32,34)(H,33,38)(H,35,36)/t24-,25-/m0/s1. The molecule has 2 aromatic rings. The Morgan fingerprint density at radius 2 is 1.52 bits per heavy atom. The molecular formula is C31H42N2O8S. The fourth-order valence-electron chi connectivity index (χ4n) is 3.74. The zero-order chi connectivity index (χ0) is 31.5. The number of ether oxygens (including phenoxy) is 3. The van der Waals surface area contributed by atoms with Gasteiger partial charge in [0.15, 0.2) is 6.04 Å². The number of carboxylic acid groups (broad SMARTS) is 1. The Balaban J connectivity index is 2.12.